The minimum absolute atomic E-state index is 0.178. The molecule has 7 heteroatoms. The van der Waals surface area contributed by atoms with E-state index in [1.54, 1.807) is 25.1 Å². The molecule has 3 aromatic carbocycles. The lowest BCUT2D eigenvalue weighted by molar-refractivity contribution is 0.0527. The lowest BCUT2D eigenvalue weighted by atomic mass is 9.99. The third-order valence-electron chi connectivity index (χ3n) is 5.57. The number of carbonyl (C=O) groups excluding carboxylic acids is 1. The number of anilines is 1. The second-order valence-electron chi connectivity index (χ2n) is 7.60. The van der Waals surface area contributed by atoms with Crippen molar-refractivity contribution < 1.29 is 18.7 Å². The largest absolute Gasteiger partial charge is 0.471 e. The molecule has 1 aromatic heterocycles. The molecule has 5 rings (SSSR count). The van der Waals surface area contributed by atoms with Gasteiger partial charge in [-0.2, -0.15) is 0 Å². The molecule has 0 amide bonds. The van der Waals surface area contributed by atoms with E-state index in [-0.39, 0.29) is 13.3 Å². The van der Waals surface area contributed by atoms with Crippen LogP contribution in [0.15, 0.2) is 75.9 Å². The van der Waals surface area contributed by atoms with E-state index >= 15 is 0 Å². The zero-order chi connectivity index (χ0) is 22.9. The van der Waals surface area contributed by atoms with Crippen LogP contribution in [-0.4, -0.2) is 19.3 Å². The summed E-state index contributed by atoms with van der Waals surface area (Å²) in [5.41, 5.74) is 3.31. The number of para-hydroxylation sites is 1. The minimum atomic E-state index is -0.463. The third kappa shape index (κ3) is 3.83. The molecule has 0 bridgehead atoms. The summed E-state index contributed by atoms with van der Waals surface area (Å²) >= 11 is 6.60. The number of fused-ring (bicyclic) bond motifs is 3. The van der Waals surface area contributed by atoms with Gasteiger partial charge < -0.3 is 18.8 Å². The number of nitrogens with zero attached hydrogens (tertiary/aromatic N) is 1. The molecule has 0 N–H and O–H groups in total. The zero-order valence-electron chi connectivity index (χ0n) is 17.8. The fourth-order valence-electron chi connectivity index (χ4n) is 4.13. The van der Waals surface area contributed by atoms with Crippen molar-refractivity contribution in [2.75, 3.05) is 18.2 Å². The maximum Gasteiger partial charge on any atom is 0.340 e. The molecule has 0 unspecified atom stereocenters. The van der Waals surface area contributed by atoms with Gasteiger partial charge in [0.1, 0.15) is 11.3 Å². The van der Waals surface area contributed by atoms with Crippen molar-refractivity contribution in [1.29, 1.82) is 0 Å². The molecule has 0 aliphatic carbocycles. The van der Waals surface area contributed by atoms with Crippen LogP contribution in [0.25, 0.3) is 22.1 Å². The number of carbonyl (C=O) groups is 1. The van der Waals surface area contributed by atoms with Crippen LogP contribution >= 0.6 is 11.6 Å². The number of hydrogen-bond donors (Lipinski definition) is 0. The summed E-state index contributed by atoms with van der Waals surface area (Å²) < 4.78 is 16.9. The highest BCUT2D eigenvalue weighted by atomic mass is 35.5. The van der Waals surface area contributed by atoms with Crippen molar-refractivity contribution >= 4 is 34.2 Å². The first-order chi connectivity index (χ1) is 16.1. The second-order valence-corrected chi connectivity index (χ2v) is 8.00. The molecule has 33 heavy (non-hydrogen) atoms. The molecule has 2 heterocycles. The number of benzene rings is 3. The summed E-state index contributed by atoms with van der Waals surface area (Å²) in [5, 5.41) is 1.15. The Kier molecular flexibility index (Phi) is 5.52. The van der Waals surface area contributed by atoms with E-state index in [2.05, 4.69) is 0 Å². The average molecular weight is 462 g/mol. The standard InChI is InChI=1S/C26H20ClNO5/c1-2-31-26(30)17-10-6-7-11-22(17)28-14-20-24-19(12-21(27)25(20)32-15-28)18(13-23(29)33-24)16-8-4-3-5-9-16/h3-13H,2,14-15H2,1H3. The van der Waals surface area contributed by atoms with Crippen LogP contribution in [0.4, 0.5) is 5.69 Å². The SMILES string of the molecule is CCOC(=O)c1ccccc1N1COc2c(Cl)cc3c(-c4ccccc4)cc(=O)oc3c2C1. The van der Waals surface area contributed by atoms with Crippen LogP contribution in [0.3, 0.4) is 0 Å². The Morgan fingerprint density at radius 3 is 2.64 bits per heavy atom. The Balaban J connectivity index is 1.66. The van der Waals surface area contributed by atoms with E-state index in [9.17, 15) is 9.59 Å². The normalized spacial score (nSPS) is 12.8. The van der Waals surface area contributed by atoms with Crippen molar-refractivity contribution in [3.05, 3.63) is 93.3 Å². The Morgan fingerprint density at radius 1 is 1.09 bits per heavy atom. The molecule has 0 atom stereocenters. The molecule has 0 spiro atoms. The highest BCUT2D eigenvalue weighted by Crippen LogP contribution is 2.42. The number of halogens is 1. The Hall–Kier alpha value is -3.77. The van der Waals surface area contributed by atoms with Crippen LogP contribution in [0.2, 0.25) is 5.02 Å². The molecule has 1 aliphatic heterocycles. The highest BCUT2D eigenvalue weighted by molar-refractivity contribution is 6.33. The number of ether oxygens (including phenoxy) is 2. The van der Waals surface area contributed by atoms with Crippen LogP contribution in [0.1, 0.15) is 22.8 Å². The molecule has 0 fully saturated rings. The van der Waals surface area contributed by atoms with E-state index in [4.69, 9.17) is 25.5 Å². The maximum absolute atomic E-state index is 12.5. The fraction of sp³-hybridized carbons (Fsp3) is 0.154. The summed E-state index contributed by atoms with van der Waals surface area (Å²) in [7, 11) is 0. The van der Waals surface area contributed by atoms with E-state index in [0.717, 1.165) is 11.1 Å². The Morgan fingerprint density at radius 2 is 1.85 bits per heavy atom. The van der Waals surface area contributed by atoms with Gasteiger partial charge in [-0.25, -0.2) is 9.59 Å². The van der Waals surface area contributed by atoms with Gasteiger partial charge in [-0.05, 0) is 36.2 Å². The molecule has 166 valence electrons. The number of esters is 1. The van der Waals surface area contributed by atoms with Gasteiger partial charge in [0, 0.05) is 11.5 Å². The van der Waals surface area contributed by atoms with E-state index < -0.39 is 11.6 Å². The quantitative estimate of drug-likeness (QED) is 0.289. The second kappa shape index (κ2) is 8.64. The van der Waals surface area contributed by atoms with Crippen molar-refractivity contribution in [2.45, 2.75) is 13.5 Å². The van der Waals surface area contributed by atoms with Gasteiger partial charge in [0.2, 0.25) is 0 Å². The first kappa shape index (κ1) is 21.1. The first-order valence-corrected chi connectivity index (χ1v) is 10.9. The van der Waals surface area contributed by atoms with Crippen molar-refractivity contribution in [1.82, 2.24) is 0 Å². The van der Waals surface area contributed by atoms with E-state index in [1.807, 2.05) is 47.4 Å². The predicted octanol–water partition coefficient (Wildman–Crippen LogP) is 5.65. The number of hydrogen-bond acceptors (Lipinski definition) is 6. The lowest BCUT2D eigenvalue weighted by Crippen LogP contribution is -2.33. The van der Waals surface area contributed by atoms with Crippen molar-refractivity contribution in [3.63, 3.8) is 0 Å². The average Bonchev–Trinajstić information content (AvgIpc) is 2.85. The van der Waals surface area contributed by atoms with E-state index in [0.29, 0.717) is 45.1 Å². The van der Waals surface area contributed by atoms with Gasteiger partial charge in [-0.15, -0.1) is 0 Å². The molecule has 4 aromatic rings. The predicted molar refractivity (Wildman–Crippen MR) is 127 cm³/mol. The van der Waals surface area contributed by atoms with Crippen LogP contribution in [-0.2, 0) is 11.3 Å². The minimum Gasteiger partial charge on any atom is -0.471 e. The molecule has 0 saturated carbocycles. The van der Waals surface area contributed by atoms with Gasteiger partial charge in [-0.3, -0.25) is 0 Å². The molecule has 6 nitrogen and oxygen atoms in total. The van der Waals surface area contributed by atoms with Crippen molar-refractivity contribution in [2.24, 2.45) is 0 Å². The summed E-state index contributed by atoms with van der Waals surface area (Å²) in [6.07, 6.45) is 0. The lowest BCUT2D eigenvalue weighted by Gasteiger charge is -2.32. The zero-order valence-corrected chi connectivity index (χ0v) is 18.6. The Labute approximate surface area is 194 Å². The monoisotopic (exact) mass is 461 g/mol. The molecular formula is C26H20ClNO5. The van der Waals surface area contributed by atoms with Gasteiger partial charge in [0.25, 0.3) is 0 Å². The van der Waals surface area contributed by atoms with Gasteiger partial charge in [0.15, 0.2) is 6.73 Å². The molecule has 0 saturated heterocycles. The van der Waals surface area contributed by atoms with Crippen LogP contribution in [0, 0.1) is 0 Å². The van der Waals surface area contributed by atoms with Crippen molar-refractivity contribution in [3.8, 4) is 16.9 Å². The first-order valence-electron chi connectivity index (χ1n) is 10.6. The molecule has 1 aliphatic rings. The summed E-state index contributed by atoms with van der Waals surface area (Å²) in [6.45, 7) is 2.56. The smallest absolute Gasteiger partial charge is 0.340 e. The topological polar surface area (TPSA) is 69.0 Å². The van der Waals surface area contributed by atoms with Crippen LogP contribution < -0.4 is 15.3 Å². The summed E-state index contributed by atoms with van der Waals surface area (Å²) in [5.74, 6) is 0.0649. The molecule has 0 radical (unpaired) electrons. The highest BCUT2D eigenvalue weighted by Gasteiger charge is 2.28. The third-order valence-corrected chi connectivity index (χ3v) is 5.86. The summed E-state index contributed by atoms with van der Waals surface area (Å²) in [4.78, 5) is 26.9. The summed E-state index contributed by atoms with van der Waals surface area (Å²) in [6, 6.07) is 20.0. The number of rotatable bonds is 4. The molecular weight excluding hydrogens is 442 g/mol. The van der Waals surface area contributed by atoms with Gasteiger partial charge in [0.05, 0.1) is 35.0 Å². The van der Waals surface area contributed by atoms with Gasteiger partial charge >= 0.3 is 11.6 Å². The van der Waals surface area contributed by atoms with Crippen LogP contribution in [0.5, 0.6) is 5.75 Å². The Bertz CT molecular complexity index is 1410. The fourth-order valence-corrected chi connectivity index (χ4v) is 4.41. The van der Waals surface area contributed by atoms with E-state index in [1.165, 1.54) is 6.07 Å². The maximum atomic E-state index is 12.5. The van der Waals surface area contributed by atoms with Gasteiger partial charge in [-0.1, -0.05) is 54.1 Å².